The number of fused-ring (bicyclic) bond motifs is 2. The van der Waals surface area contributed by atoms with Crippen LogP contribution in [-0.4, -0.2) is 35.4 Å². The van der Waals surface area contributed by atoms with Crippen LogP contribution in [0.5, 0.6) is 5.75 Å². The lowest BCUT2D eigenvalue weighted by molar-refractivity contribution is -0.534. The second-order valence-electron chi connectivity index (χ2n) is 8.95. The molecule has 2 aliphatic heterocycles. The molecular formula is C26H24BrN3O4. The van der Waals surface area contributed by atoms with E-state index in [0.717, 1.165) is 15.6 Å². The average molecular weight is 522 g/mol. The predicted octanol–water partition coefficient (Wildman–Crippen LogP) is 4.86. The second-order valence-corrected chi connectivity index (χ2v) is 9.80. The van der Waals surface area contributed by atoms with Gasteiger partial charge in [-0.15, -0.1) is 0 Å². The minimum absolute atomic E-state index is 0.300. The van der Waals surface area contributed by atoms with Crippen LogP contribution in [0.2, 0.25) is 0 Å². The molecule has 1 N–H and O–H groups in total. The molecule has 1 amide bonds. The lowest BCUT2D eigenvalue weighted by Crippen LogP contribution is -2.54. The van der Waals surface area contributed by atoms with E-state index in [2.05, 4.69) is 21.2 Å². The number of para-hydroxylation sites is 1. The fourth-order valence-electron chi connectivity index (χ4n) is 5.29. The molecule has 174 valence electrons. The Hall–Kier alpha value is -3.23. The first-order valence-corrected chi connectivity index (χ1v) is 11.8. The van der Waals surface area contributed by atoms with E-state index in [9.17, 15) is 14.9 Å². The van der Waals surface area contributed by atoms with Gasteiger partial charge in [0.2, 0.25) is 0 Å². The van der Waals surface area contributed by atoms with Gasteiger partial charge in [-0.25, -0.2) is 0 Å². The first kappa shape index (κ1) is 22.6. The maximum atomic E-state index is 13.2. The van der Waals surface area contributed by atoms with Crippen molar-refractivity contribution in [3.05, 3.63) is 104 Å². The number of nitro groups is 1. The molecule has 1 saturated heterocycles. The Morgan fingerprint density at radius 1 is 1.18 bits per heavy atom. The highest BCUT2D eigenvalue weighted by molar-refractivity contribution is 9.10. The molecule has 2 aliphatic rings. The van der Waals surface area contributed by atoms with Gasteiger partial charge < -0.3 is 10.1 Å². The molecule has 1 spiro atoms. The molecule has 8 heteroatoms. The summed E-state index contributed by atoms with van der Waals surface area (Å²) in [6.45, 7) is 2.84. The van der Waals surface area contributed by atoms with Crippen molar-refractivity contribution in [3.63, 3.8) is 0 Å². The minimum Gasteiger partial charge on any atom is -0.488 e. The summed E-state index contributed by atoms with van der Waals surface area (Å²) < 4.78 is 6.70. The van der Waals surface area contributed by atoms with E-state index in [-0.39, 0.29) is 10.8 Å². The number of anilines is 1. The van der Waals surface area contributed by atoms with Gasteiger partial charge in [-0.2, -0.15) is 0 Å². The fourth-order valence-corrected chi connectivity index (χ4v) is 5.80. The molecule has 3 atom stereocenters. The number of amides is 1. The second kappa shape index (κ2) is 8.52. The van der Waals surface area contributed by atoms with E-state index in [1.807, 2.05) is 66.4 Å². The van der Waals surface area contributed by atoms with Crippen molar-refractivity contribution in [3.8, 4) is 5.75 Å². The smallest absolute Gasteiger partial charge is 0.256 e. The van der Waals surface area contributed by atoms with Gasteiger partial charge in [0, 0.05) is 22.7 Å². The van der Waals surface area contributed by atoms with E-state index >= 15 is 0 Å². The van der Waals surface area contributed by atoms with Crippen LogP contribution < -0.4 is 10.1 Å². The number of aryl methyl sites for hydroxylation is 1. The van der Waals surface area contributed by atoms with Gasteiger partial charge in [-0.3, -0.25) is 19.8 Å². The molecule has 0 unspecified atom stereocenters. The summed E-state index contributed by atoms with van der Waals surface area (Å²) in [6, 6.07) is 19.8. The normalized spacial score (nSPS) is 23.7. The van der Waals surface area contributed by atoms with E-state index in [0.29, 0.717) is 30.2 Å². The summed E-state index contributed by atoms with van der Waals surface area (Å²) in [7, 11) is 1.78. The van der Waals surface area contributed by atoms with Crippen molar-refractivity contribution >= 4 is 27.5 Å². The number of nitrogens with zero attached hydrogens (tertiary/aromatic N) is 2. The number of halogens is 1. The molecule has 0 bridgehead atoms. The van der Waals surface area contributed by atoms with Crippen molar-refractivity contribution in [2.45, 2.75) is 31.0 Å². The Balaban J connectivity index is 1.46. The molecule has 0 aliphatic carbocycles. The van der Waals surface area contributed by atoms with E-state index in [1.165, 1.54) is 5.56 Å². The molecule has 34 heavy (non-hydrogen) atoms. The predicted molar refractivity (Wildman–Crippen MR) is 133 cm³/mol. The first-order valence-electron chi connectivity index (χ1n) is 11.1. The standard InChI is InChI=1S/C26H24BrN3O4/c1-16-7-9-17(10-8-16)15-34-23-12-11-18(13-21(23)27)19-14-29(2)26(24(19)30(32)33)20-5-3-4-6-22(20)28-25(26)31/h3-13,19,24H,14-15H2,1-2H3,(H,28,31)/t19-,24+,26-/m0/s1. The molecule has 3 aromatic rings. The highest BCUT2D eigenvalue weighted by Crippen LogP contribution is 2.52. The zero-order valence-electron chi connectivity index (χ0n) is 18.8. The number of carbonyl (C=O) groups is 1. The topological polar surface area (TPSA) is 84.7 Å². The molecule has 7 nitrogen and oxygen atoms in total. The van der Waals surface area contributed by atoms with E-state index < -0.39 is 17.5 Å². The minimum atomic E-state index is -1.35. The van der Waals surface area contributed by atoms with Crippen molar-refractivity contribution in [2.24, 2.45) is 0 Å². The van der Waals surface area contributed by atoms with Gasteiger partial charge in [-0.1, -0.05) is 54.1 Å². The number of benzene rings is 3. The number of rotatable bonds is 5. The lowest BCUT2D eigenvalue weighted by Gasteiger charge is -2.30. The van der Waals surface area contributed by atoms with Gasteiger partial charge >= 0.3 is 0 Å². The SMILES string of the molecule is Cc1ccc(COc2ccc([C@@H]3CN(C)[C@]4(C(=O)Nc5ccccc54)[C@@H]3[N+](=O)[O-])cc2Br)cc1. The zero-order chi connectivity index (χ0) is 24.0. The number of likely N-dealkylation sites (tertiary alicyclic amines) is 1. The number of hydrogen-bond acceptors (Lipinski definition) is 5. The first-order chi connectivity index (χ1) is 16.3. The molecular weight excluding hydrogens is 498 g/mol. The summed E-state index contributed by atoms with van der Waals surface area (Å²) in [6.07, 6.45) is 0. The average Bonchev–Trinajstić information content (AvgIpc) is 3.29. The van der Waals surface area contributed by atoms with Crippen LogP contribution in [-0.2, 0) is 16.9 Å². The summed E-state index contributed by atoms with van der Waals surface area (Å²) in [5.74, 6) is -0.163. The Bertz CT molecular complexity index is 1280. The number of hydrogen-bond donors (Lipinski definition) is 1. The number of ether oxygens (including phenoxy) is 1. The number of nitrogens with one attached hydrogen (secondary N) is 1. The monoisotopic (exact) mass is 521 g/mol. The Kier molecular flexibility index (Phi) is 5.65. The van der Waals surface area contributed by atoms with Gasteiger partial charge in [0.05, 0.1) is 10.4 Å². The van der Waals surface area contributed by atoms with E-state index in [4.69, 9.17) is 4.74 Å². The molecule has 5 rings (SSSR count). The van der Waals surface area contributed by atoms with Crippen LogP contribution in [0.1, 0.15) is 28.2 Å². The highest BCUT2D eigenvalue weighted by atomic mass is 79.9. The quantitative estimate of drug-likeness (QED) is 0.382. The summed E-state index contributed by atoms with van der Waals surface area (Å²) in [5.41, 5.74) is 2.97. The zero-order valence-corrected chi connectivity index (χ0v) is 20.4. The number of carbonyl (C=O) groups excluding carboxylic acids is 1. The third-order valence-corrected chi connectivity index (χ3v) is 7.56. The lowest BCUT2D eigenvalue weighted by atomic mass is 9.79. The van der Waals surface area contributed by atoms with Crippen LogP contribution in [0, 0.1) is 17.0 Å². The molecule has 2 heterocycles. The third kappa shape index (κ3) is 3.49. The molecule has 3 aromatic carbocycles. The fraction of sp³-hybridized carbons (Fsp3) is 0.269. The van der Waals surface area contributed by atoms with Gasteiger partial charge in [0.15, 0.2) is 5.54 Å². The Labute approximate surface area is 206 Å². The van der Waals surface area contributed by atoms with Crippen molar-refractivity contribution in [1.29, 1.82) is 0 Å². The van der Waals surface area contributed by atoms with Crippen molar-refractivity contribution in [1.82, 2.24) is 4.90 Å². The molecule has 1 fully saturated rings. The maximum absolute atomic E-state index is 13.2. The van der Waals surface area contributed by atoms with Crippen LogP contribution >= 0.6 is 15.9 Å². The molecule has 0 aromatic heterocycles. The Morgan fingerprint density at radius 2 is 1.91 bits per heavy atom. The maximum Gasteiger partial charge on any atom is 0.256 e. The highest BCUT2D eigenvalue weighted by Gasteiger charge is 2.68. The van der Waals surface area contributed by atoms with Crippen molar-refractivity contribution < 1.29 is 14.5 Å². The summed E-state index contributed by atoms with van der Waals surface area (Å²) in [4.78, 5) is 27.2. The molecule has 0 radical (unpaired) electrons. The Morgan fingerprint density at radius 3 is 2.62 bits per heavy atom. The summed E-state index contributed by atoms with van der Waals surface area (Å²) >= 11 is 3.58. The number of likely N-dealkylation sites (N-methyl/N-ethyl adjacent to an activating group) is 1. The van der Waals surface area contributed by atoms with Crippen LogP contribution in [0.4, 0.5) is 5.69 Å². The van der Waals surface area contributed by atoms with E-state index in [1.54, 1.807) is 19.2 Å². The van der Waals surface area contributed by atoms with Gasteiger partial charge in [-0.05, 0) is 59.2 Å². The largest absolute Gasteiger partial charge is 0.488 e. The van der Waals surface area contributed by atoms with Crippen molar-refractivity contribution in [2.75, 3.05) is 18.9 Å². The van der Waals surface area contributed by atoms with Crippen LogP contribution in [0.15, 0.2) is 71.2 Å². The van der Waals surface area contributed by atoms with Gasteiger partial charge in [0.25, 0.3) is 11.9 Å². The third-order valence-electron chi connectivity index (χ3n) is 6.94. The van der Waals surface area contributed by atoms with Gasteiger partial charge in [0.1, 0.15) is 12.4 Å². The van der Waals surface area contributed by atoms with Crippen LogP contribution in [0.3, 0.4) is 0 Å². The van der Waals surface area contributed by atoms with Crippen LogP contribution in [0.25, 0.3) is 0 Å². The summed E-state index contributed by atoms with van der Waals surface area (Å²) in [5, 5.41) is 15.3. The molecule has 0 saturated carbocycles.